The highest BCUT2D eigenvalue weighted by Gasteiger charge is 2.16. The van der Waals surface area contributed by atoms with Crippen molar-refractivity contribution in [3.63, 3.8) is 0 Å². The summed E-state index contributed by atoms with van der Waals surface area (Å²) in [6, 6.07) is 9.76. The highest BCUT2D eigenvalue weighted by atomic mass is 16.5. The van der Waals surface area contributed by atoms with Crippen LogP contribution < -0.4 is 19.1 Å². The number of carbonyl (C=O) groups is 1. The second kappa shape index (κ2) is 8.61. The summed E-state index contributed by atoms with van der Waals surface area (Å²) in [5.74, 6) is 1.80. The van der Waals surface area contributed by atoms with Gasteiger partial charge in [-0.25, -0.2) is 0 Å². The zero-order valence-electron chi connectivity index (χ0n) is 16.4. The first-order chi connectivity index (χ1) is 12.4. The average Bonchev–Trinajstić information content (AvgIpc) is 2.66. The maximum atomic E-state index is 12.7. The van der Waals surface area contributed by atoms with E-state index in [1.54, 1.807) is 26.2 Å². The summed E-state index contributed by atoms with van der Waals surface area (Å²) in [6.07, 6.45) is 0.979. The number of aryl methyl sites for hydroxylation is 2. The third kappa shape index (κ3) is 4.10. The van der Waals surface area contributed by atoms with Gasteiger partial charge >= 0.3 is 0 Å². The molecule has 1 amide bonds. The Labute approximate surface area is 155 Å². The van der Waals surface area contributed by atoms with Crippen molar-refractivity contribution in [2.45, 2.75) is 26.7 Å². The van der Waals surface area contributed by atoms with E-state index in [0.717, 1.165) is 16.8 Å². The molecule has 0 fully saturated rings. The van der Waals surface area contributed by atoms with Crippen LogP contribution in [0.25, 0.3) is 0 Å². The molecule has 0 aromatic heterocycles. The molecule has 0 saturated heterocycles. The largest absolute Gasteiger partial charge is 0.493 e. The smallest absolute Gasteiger partial charge is 0.227 e. The van der Waals surface area contributed by atoms with Crippen molar-refractivity contribution in [1.82, 2.24) is 0 Å². The summed E-state index contributed by atoms with van der Waals surface area (Å²) in [5.41, 5.74) is 4.20. The number of nitrogens with zero attached hydrogens (tertiary/aromatic N) is 1. The lowest BCUT2D eigenvalue weighted by atomic mass is 10.1. The molecule has 140 valence electrons. The van der Waals surface area contributed by atoms with Gasteiger partial charge in [0.05, 0.1) is 21.3 Å². The maximum absolute atomic E-state index is 12.7. The summed E-state index contributed by atoms with van der Waals surface area (Å²) >= 11 is 0. The van der Waals surface area contributed by atoms with Gasteiger partial charge in [-0.2, -0.15) is 0 Å². The van der Waals surface area contributed by atoms with Crippen molar-refractivity contribution in [3.05, 3.63) is 47.0 Å². The number of ether oxygens (including phenoxy) is 3. The molecule has 0 aliphatic rings. The van der Waals surface area contributed by atoms with Crippen molar-refractivity contribution in [1.29, 1.82) is 0 Å². The van der Waals surface area contributed by atoms with E-state index in [1.807, 2.05) is 51.2 Å². The second-order valence-corrected chi connectivity index (χ2v) is 6.21. The van der Waals surface area contributed by atoms with Gasteiger partial charge in [-0.05, 0) is 55.2 Å². The molecule has 0 unspecified atom stereocenters. The van der Waals surface area contributed by atoms with Crippen molar-refractivity contribution in [2.24, 2.45) is 0 Å². The van der Waals surface area contributed by atoms with Crippen LogP contribution in [0.5, 0.6) is 17.2 Å². The van der Waals surface area contributed by atoms with Crippen molar-refractivity contribution < 1.29 is 19.0 Å². The molecule has 26 heavy (non-hydrogen) atoms. The van der Waals surface area contributed by atoms with Gasteiger partial charge in [0, 0.05) is 19.2 Å². The highest BCUT2D eigenvalue weighted by Crippen LogP contribution is 2.38. The lowest BCUT2D eigenvalue weighted by Gasteiger charge is -2.21. The minimum absolute atomic E-state index is 0.0625. The fourth-order valence-corrected chi connectivity index (χ4v) is 2.93. The van der Waals surface area contributed by atoms with E-state index >= 15 is 0 Å². The Hall–Kier alpha value is -2.69. The van der Waals surface area contributed by atoms with Crippen molar-refractivity contribution >= 4 is 11.6 Å². The number of carbonyl (C=O) groups excluding carboxylic acids is 1. The molecule has 0 bridgehead atoms. The first-order valence-corrected chi connectivity index (χ1v) is 8.54. The SMILES string of the molecule is COc1cc(CCC(=O)N(C)c2cccc(C)c2C)cc(OC)c1OC. The molecule has 5 nitrogen and oxygen atoms in total. The highest BCUT2D eigenvalue weighted by molar-refractivity contribution is 5.93. The zero-order chi connectivity index (χ0) is 19.3. The zero-order valence-corrected chi connectivity index (χ0v) is 16.4. The first kappa shape index (κ1) is 19.6. The van der Waals surface area contributed by atoms with Crippen LogP contribution in [0.15, 0.2) is 30.3 Å². The monoisotopic (exact) mass is 357 g/mol. The fourth-order valence-electron chi connectivity index (χ4n) is 2.93. The van der Waals surface area contributed by atoms with Gasteiger partial charge in [0.1, 0.15) is 0 Å². The average molecular weight is 357 g/mol. The van der Waals surface area contributed by atoms with Crippen LogP contribution >= 0.6 is 0 Å². The molecule has 0 N–H and O–H groups in total. The Kier molecular flexibility index (Phi) is 6.50. The molecule has 0 heterocycles. The van der Waals surface area contributed by atoms with Gasteiger partial charge < -0.3 is 19.1 Å². The Morgan fingerprint density at radius 2 is 1.62 bits per heavy atom. The Morgan fingerprint density at radius 3 is 2.15 bits per heavy atom. The van der Waals surface area contributed by atoms with Crippen LogP contribution in [0, 0.1) is 13.8 Å². The summed E-state index contributed by atoms with van der Waals surface area (Å²) in [4.78, 5) is 14.4. The van der Waals surface area contributed by atoms with Crippen LogP contribution in [0.1, 0.15) is 23.1 Å². The van der Waals surface area contributed by atoms with E-state index in [4.69, 9.17) is 14.2 Å². The van der Waals surface area contributed by atoms with Crippen LogP contribution in [0.4, 0.5) is 5.69 Å². The summed E-state index contributed by atoms with van der Waals surface area (Å²) in [7, 11) is 6.56. The molecule has 0 radical (unpaired) electrons. The van der Waals surface area contributed by atoms with E-state index in [1.165, 1.54) is 5.56 Å². The predicted molar refractivity (Wildman–Crippen MR) is 104 cm³/mol. The van der Waals surface area contributed by atoms with Crippen LogP contribution in [0.2, 0.25) is 0 Å². The molecule has 0 atom stereocenters. The molecule has 5 heteroatoms. The maximum Gasteiger partial charge on any atom is 0.227 e. The van der Waals surface area contributed by atoms with E-state index in [2.05, 4.69) is 0 Å². The third-order valence-corrected chi connectivity index (χ3v) is 4.66. The van der Waals surface area contributed by atoms with Gasteiger partial charge in [0.25, 0.3) is 0 Å². The minimum atomic E-state index is 0.0625. The topological polar surface area (TPSA) is 48.0 Å². The predicted octanol–water partition coefficient (Wildman–Crippen LogP) is 3.92. The number of hydrogen-bond donors (Lipinski definition) is 0. The van der Waals surface area contributed by atoms with Crippen molar-refractivity contribution in [2.75, 3.05) is 33.3 Å². The van der Waals surface area contributed by atoms with E-state index in [9.17, 15) is 4.79 Å². The molecule has 2 rings (SSSR count). The number of anilines is 1. The number of benzene rings is 2. The third-order valence-electron chi connectivity index (χ3n) is 4.66. The number of rotatable bonds is 7. The Bertz CT molecular complexity index is 761. The second-order valence-electron chi connectivity index (χ2n) is 6.21. The molecule has 0 aliphatic carbocycles. The van der Waals surface area contributed by atoms with Crippen molar-refractivity contribution in [3.8, 4) is 17.2 Å². The number of amides is 1. The molecule has 2 aromatic carbocycles. The van der Waals surface area contributed by atoms with E-state index in [-0.39, 0.29) is 5.91 Å². The normalized spacial score (nSPS) is 10.4. The number of methoxy groups -OCH3 is 3. The van der Waals surface area contributed by atoms with Crippen LogP contribution in [-0.2, 0) is 11.2 Å². The first-order valence-electron chi connectivity index (χ1n) is 8.54. The molecular weight excluding hydrogens is 330 g/mol. The standard InChI is InChI=1S/C21H27NO4/c1-14-8-7-9-17(15(14)2)22(3)20(23)11-10-16-12-18(24-4)21(26-6)19(13-16)25-5/h7-9,12-13H,10-11H2,1-6H3. The molecule has 0 aliphatic heterocycles. The molecule has 2 aromatic rings. The van der Waals surface area contributed by atoms with Gasteiger partial charge in [-0.3, -0.25) is 4.79 Å². The summed E-state index contributed by atoms with van der Waals surface area (Å²) < 4.78 is 16.1. The Morgan fingerprint density at radius 1 is 1.00 bits per heavy atom. The lowest BCUT2D eigenvalue weighted by Crippen LogP contribution is -2.27. The van der Waals surface area contributed by atoms with Gasteiger partial charge in [0.2, 0.25) is 11.7 Å². The van der Waals surface area contributed by atoms with E-state index in [0.29, 0.717) is 30.1 Å². The van der Waals surface area contributed by atoms with Crippen LogP contribution in [-0.4, -0.2) is 34.3 Å². The molecule has 0 saturated carbocycles. The quantitative estimate of drug-likeness (QED) is 0.753. The molecular formula is C21H27NO4. The van der Waals surface area contributed by atoms with Gasteiger partial charge in [-0.1, -0.05) is 12.1 Å². The summed E-state index contributed by atoms with van der Waals surface area (Å²) in [5, 5.41) is 0. The number of hydrogen-bond acceptors (Lipinski definition) is 4. The fraction of sp³-hybridized carbons (Fsp3) is 0.381. The van der Waals surface area contributed by atoms with Crippen LogP contribution in [0.3, 0.4) is 0 Å². The molecule has 0 spiro atoms. The minimum Gasteiger partial charge on any atom is -0.493 e. The van der Waals surface area contributed by atoms with Gasteiger partial charge in [0.15, 0.2) is 11.5 Å². The van der Waals surface area contributed by atoms with E-state index < -0.39 is 0 Å². The lowest BCUT2D eigenvalue weighted by molar-refractivity contribution is -0.118. The Balaban J connectivity index is 2.15. The van der Waals surface area contributed by atoms with Gasteiger partial charge in [-0.15, -0.1) is 0 Å². The summed E-state index contributed by atoms with van der Waals surface area (Å²) in [6.45, 7) is 4.08.